The SMILES string of the molecule is CN(C)c1cccc(C(=O)N2CCCCO2)c1. The van der Waals surface area contributed by atoms with Crippen LogP contribution in [0.2, 0.25) is 0 Å². The normalized spacial score (nSPS) is 15.8. The molecule has 2 rings (SSSR count). The summed E-state index contributed by atoms with van der Waals surface area (Å²) >= 11 is 0. The molecule has 1 saturated heterocycles. The van der Waals surface area contributed by atoms with Gasteiger partial charge in [-0.2, -0.15) is 0 Å². The Morgan fingerprint density at radius 3 is 2.82 bits per heavy atom. The van der Waals surface area contributed by atoms with Crippen LogP contribution >= 0.6 is 0 Å². The minimum absolute atomic E-state index is 0.0478. The first-order valence-electron chi connectivity index (χ1n) is 5.90. The van der Waals surface area contributed by atoms with E-state index in [9.17, 15) is 4.79 Å². The molecule has 0 aromatic heterocycles. The van der Waals surface area contributed by atoms with Crippen LogP contribution in [0.25, 0.3) is 0 Å². The molecule has 0 unspecified atom stereocenters. The third-order valence-electron chi connectivity index (χ3n) is 2.84. The molecular formula is C13H18N2O2. The first kappa shape index (κ1) is 11.9. The summed E-state index contributed by atoms with van der Waals surface area (Å²) in [4.78, 5) is 19.5. The van der Waals surface area contributed by atoms with E-state index in [0.717, 1.165) is 18.5 Å². The molecule has 1 heterocycles. The molecule has 0 spiro atoms. The number of carbonyl (C=O) groups excluding carboxylic acids is 1. The lowest BCUT2D eigenvalue weighted by Gasteiger charge is -2.26. The van der Waals surface area contributed by atoms with E-state index in [0.29, 0.717) is 18.7 Å². The fraction of sp³-hybridized carbons (Fsp3) is 0.462. The molecule has 0 N–H and O–H groups in total. The first-order valence-corrected chi connectivity index (χ1v) is 5.90. The van der Waals surface area contributed by atoms with Gasteiger partial charge in [-0.3, -0.25) is 9.63 Å². The average Bonchev–Trinajstić information content (AvgIpc) is 2.39. The van der Waals surface area contributed by atoms with Gasteiger partial charge in [0, 0.05) is 31.9 Å². The molecule has 92 valence electrons. The molecule has 1 aromatic rings. The number of anilines is 1. The van der Waals surface area contributed by atoms with Crippen LogP contribution < -0.4 is 4.90 Å². The molecule has 1 aliphatic rings. The number of amides is 1. The number of hydroxylamine groups is 2. The number of carbonyl (C=O) groups is 1. The zero-order chi connectivity index (χ0) is 12.3. The topological polar surface area (TPSA) is 32.8 Å². The maximum Gasteiger partial charge on any atom is 0.277 e. The largest absolute Gasteiger partial charge is 0.378 e. The predicted octanol–water partition coefficient (Wildman–Crippen LogP) is 1.92. The monoisotopic (exact) mass is 234 g/mol. The van der Waals surface area contributed by atoms with Crippen LogP contribution in [-0.2, 0) is 4.84 Å². The zero-order valence-electron chi connectivity index (χ0n) is 10.3. The summed E-state index contributed by atoms with van der Waals surface area (Å²) in [6, 6.07) is 7.59. The average molecular weight is 234 g/mol. The number of hydrogen-bond donors (Lipinski definition) is 0. The molecule has 0 aliphatic carbocycles. The number of hydrogen-bond acceptors (Lipinski definition) is 3. The molecule has 0 atom stereocenters. The Kier molecular flexibility index (Phi) is 3.64. The van der Waals surface area contributed by atoms with Crippen molar-refractivity contribution >= 4 is 11.6 Å². The highest BCUT2D eigenvalue weighted by Crippen LogP contribution is 2.17. The fourth-order valence-electron chi connectivity index (χ4n) is 1.82. The van der Waals surface area contributed by atoms with Crippen LogP contribution in [0.5, 0.6) is 0 Å². The molecule has 1 fully saturated rings. The lowest BCUT2D eigenvalue weighted by atomic mass is 10.1. The van der Waals surface area contributed by atoms with E-state index in [1.807, 2.05) is 43.3 Å². The third kappa shape index (κ3) is 2.77. The van der Waals surface area contributed by atoms with E-state index in [-0.39, 0.29) is 5.91 Å². The molecule has 0 bridgehead atoms. The summed E-state index contributed by atoms with van der Waals surface area (Å²) in [6.07, 6.45) is 2.04. The van der Waals surface area contributed by atoms with Crippen LogP contribution in [0.15, 0.2) is 24.3 Å². The van der Waals surface area contributed by atoms with Crippen molar-refractivity contribution in [3.8, 4) is 0 Å². The van der Waals surface area contributed by atoms with Crippen molar-refractivity contribution < 1.29 is 9.63 Å². The van der Waals surface area contributed by atoms with Gasteiger partial charge in [-0.25, -0.2) is 5.06 Å². The van der Waals surface area contributed by atoms with Crippen LogP contribution in [0.4, 0.5) is 5.69 Å². The summed E-state index contributed by atoms with van der Waals surface area (Å²) in [5, 5.41) is 1.47. The second-order valence-electron chi connectivity index (χ2n) is 4.39. The fourth-order valence-corrected chi connectivity index (χ4v) is 1.82. The Morgan fingerprint density at radius 2 is 2.18 bits per heavy atom. The maximum atomic E-state index is 12.2. The number of rotatable bonds is 2. The number of nitrogens with zero attached hydrogens (tertiary/aromatic N) is 2. The summed E-state index contributed by atoms with van der Waals surface area (Å²) < 4.78 is 0. The molecule has 0 radical (unpaired) electrons. The second-order valence-corrected chi connectivity index (χ2v) is 4.39. The molecule has 1 aliphatic heterocycles. The smallest absolute Gasteiger partial charge is 0.277 e. The van der Waals surface area contributed by atoms with Gasteiger partial charge in [0.1, 0.15) is 0 Å². The van der Waals surface area contributed by atoms with Crippen LogP contribution in [0, 0.1) is 0 Å². The van der Waals surface area contributed by atoms with E-state index in [4.69, 9.17) is 4.84 Å². The van der Waals surface area contributed by atoms with Crippen molar-refractivity contribution in [2.75, 3.05) is 32.1 Å². The van der Waals surface area contributed by atoms with Gasteiger partial charge >= 0.3 is 0 Å². The highest BCUT2D eigenvalue weighted by molar-refractivity contribution is 5.94. The Bertz CT molecular complexity index is 398. The quantitative estimate of drug-likeness (QED) is 0.783. The molecule has 4 heteroatoms. The summed E-state index contributed by atoms with van der Waals surface area (Å²) in [6.45, 7) is 1.32. The lowest BCUT2D eigenvalue weighted by molar-refractivity contribution is -0.144. The van der Waals surface area contributed by atoms with Crippen molar-refractivity contribution in [2.45, 2.75) is 12.8 Å². The van der Waals surface area contributed by atoms with Gasteiger partial charge in [0.05, 0.1) is 6.61 Å². The first-order chi connectivity index (χ1) is 8.18. The van der Waals surface area contributed by atoms with E-state index in [2.05, 4.69) is 0 Å². The highest BCUT2D eigenvalue weighted by Gasteiger charge is 2.19. The van der Waals surface area contributed by atoms with Crippen LogP contribution in [-0.4, -0.2) is 38.2 Å². The van der Waals surface area contributed by atoms with E-state index in [1.54, 1.807) is 0 Å². The van der Waals surface area contributed by atoms with Crippen molar-refractivity contribution in [3.05, 3.63) is 29.8 Å². The van der Waals surface area contributed by atoms with Gasteiger partial charge in [-0.15, -0.1) is 0 Å². The molecule has 17 heavy (non-hydrogen) atoms. The minimum atomic E-state index is -0.0478. The van der Waals surface area contributed by atoms with Crippen LogP contribution in [0.1, 0.15) is 23.2 Å². The summed E-state index contributed by atoms with van der Waals surface area (Å²) in [5.41, 5.74) is 1.70. The third-order valence-corrected chi connectivity index (χ3v) is 2.84. The maximum absolute atomic E-state index is 12.2. The summed E-state index contributed by atoms with van der Waals surface area (Å²) in [5.74, 6) is -0.0478. The lowest BCUT2D eigenvalue weighted by Crippen LogP contribution is -2.35. The van der Waals surface area contributed by atoms with Crippen molar-refractivity contribution in [1.82, 2.24) is 5.06 Å². The summed E-state index contributed by atoms with van der Waals surface area (Å²) in [7, 11) is 3.92. The highest BCUT2D eigenvalue weighted by atomic mass is 16.7. The number of benzene rings is 1. The Hall–Kier alpha value is -1.55. The Labute approximate surface area is 102 Å². The van der Waals surface area contributed by atoms with Crippen molar-refractivity contribution in [3.63, 3.8) is 0 Å². The zero-order valence-corrected chi connectivity index (χ0v) is 10.3. The molecule has 1 amide bonds. The van der Waals surface area contributed by atoms with Gasteiger partial charge in [0.2, 0.25) is 0 Å². The van der Waals surface area contributed by atoms with Gasteiger partial charge in [-0.1, -0.05) is 6.07 Å². The standard InChI is InChI=1S/C13H18N2O2/c1-14(2)12-7-5-6-11(10-12)13(16)15-8-3-4-9-17-15/h5-7,10H,3-4,8-9H2,1-2H3. The van der Waals surface area contributed by atoms with Gasteiger partial charge in [0.25, 0.3) is 5.91 Å². The van der Waals surface area contributed by atoms with Crippen molar-refractivity contribution in [1.29, 1.82) is 0 Å². The van der Waals surface area contributed by atoms with Gasteiger partial charge in [-0.05, 0) is 31.0 Å². The Balaban J connectivity index is 2.15. The van der Waals surface area contributed by atoms with E-state index < -0.39 is 0 Å². The van der Waals surface area contributed by atoms with E-state index >= 15 is 0 Å². The van der Waals surface area contributed by atoms with Crippen LogP contribution in [0.3, 0.4) is 0 Å². The second kappa shape index (κ2) is 5.19. The minimum Gasteiger partial charge on any atom is -0.378 e. The molecule has 0 saturated carbocycles. The molecule has 1 aromatic carbocycles. The van der Waals surface area contributed by atoms with Crippen molar-refractivity contribution in [2.24, 2.45) is 0 Å². The predicted molar refractivity (Wildman–Crippen MR) is 67.0 cm³/mol. The molecule has 4 nitrogen and oxygen atoms in total. The van der Waals surface area contributed by atoms with Gasteiger partial charge < -0.3 is 4.90 Å². The molecular weight excluding hydrogens is 216 g/mol. The van der Waals surface area contributed by atoms with E-state index in [1.165, 1.54) is 5.06 Å². The Morgan fingerprint density at radius 1 is 1.35 bits per heavy atom. The van der Waals surface area contributed by atoms with Gasteiger partial charge in [0.15, 0.2) is 0 Å².